The van der Waals surface area contributed by atoms with Crippen LogP contribution in [0.25, 0.3) is 11.4 Å². The first-order valence-corrected chi connectivity index (χ1v) is 8.16. The molecule has 0 saturated carbocycles. The van der Waals surface area contributed by atoms with Gasteiger partial charge in [-0.1, -0.05) is 0 Å². The van der Waals surface area contributed by atoms with Gasteiger partial charge in [0.05, 0.1) is 13.2 Å². The standard InChI is InChI=1S/C17H20N4O2/c1-2-14-15(3-1)19-16(13-4-7-18-8-5-13)20-17(14)21-23-11-12-6-9-22-10-12/h4-5,7-8,12H,1-3,6,9-11H2,(H,19,20,21). The lowest BCUT2D eigenvalue weighted by Gasteiger charge is -2.13. The molecule has 0 spiro atoms. The van der Waals surface area contributed by atoms with Crippen LogP contribution in [0.15, 0.2) is 24.5 Å². The average molecular weight is 312 g/mol. The number of hydrogen-bond acceptors (Lipinski definition) is 6. The van der Waals surface area contributed by atoms with Crippen molar-refractivity contribution >= 4 is 5.82 Å². The van der Waals surface area contributed by atoms with Crippen LogP contribution in [0.1, 0.15) is 24.1 Å². The van der Waals surface area contributed by atoms with Gasteiger partial charge in [0.25, 0.3) is 0 Å². The summed E-state index contributed by atoms with van der Waals surface area (Å²) in [7, 11) is 0. The van der Waals surface area contributed by atoms with E-state index in [9.17, 15) is 0 Å². The van der Waals surface area contributed by atoms with E-state index in [1.165, 1.54) is 5.56 Å². The first-order valence-electron chi connectivity index (χ1n) is 8.16. The molecular formula is C17H20N4O2. The fourth-order valence-corrected chi connectivity index (χ4v) is 3.09. The Morgan fingerprint density at radius 2 is 2.13 bits per heavy atom. The van der Waals surface area contributed by atoms with Crippen molar-refractivity contribution < 1.29 is 9.57 Å². The highest BCUT2D eigenvalue weighted by atomic mass is 16.6. The second-order valence-corrected chi connectivity index (χ2v) is 6.05. The van der Waals surface area contributed by atoms with E-state index in [0.717, 1.165) is 61.8 Å². The van der Waals surface area contributed by atoms with Gasteiger partial charge >= 0.3 is 0 Å². The van der Waals surface area contributed by atoms with Gasteiger partial charge in [-0.25, -0.2) is 15.4 Å². The maximum absolute atomic E-state index is 5.69. The van der Waals surface area contributed by atoms with Crippen molar-refractivity contribution in [3.63, 3.8) is 0 Å². The first kappa shape index (κ1) is 14.5. The van der Waals surface area contributed by atoms with Crippen LogP contribution in [0.4, 0.5) is 5.82 Å². The summed E-state index contributed by atoms with van der Waals surface area (Å²) in [4.78, 5) is 19.1. The smallest absolute Gasteiger partial charge is 0.161 e. The summed E-state index contributed by atoms with van der Waals surface area (Å²) in [6.45, 7) is 2.26. The van der Waals surface area contributed by atoms with Gasteiger partial charge in [0.2, 0.25) is 0 Å². The van der Waals surface area contributed by atoms with Crippen LogP contribution in [-0.4, -0.2) is 34.8 Å². The molecule has 0 radical (unpaired) electrons. The largest absolute Gasteiger partial charge is 0.381 e. The fraction of sp³-hybridized carbons (Fsp3) is 0.471. The molecule has 1 unspecified atom stereocenters. The second-order valence-electron chi connectivity index (χ2n) is 6.05. The van der Waals surface area contributed by atoms with Crippen molar-refractivity contribution in [3.05, 3.63) is 35.8 Å². The van der Waals surface area contributed by atoms with Gasteiger partial charge < -0.3 is 4.74 Å². The highest BCUT2D eigenvalue weighted by molar-refractivity contribution is 5.59. The molecule has 1 atom stereocenters. The minimum absolute atomic E-state index is 0.469. The third-order valence-electron chi connectivity index (χ3n) is 4.38. The molecule has 120 valence electrons. The third kappa shape index (κ3) is 3.18. The fourth-order valence-electron chi connectivity index (χ4n) is 3.09. The molecule has 6 nitrogen and oxygen atoms in total. The van der Waals surface area contributed by atoms with E-state index in [4.69, 9.17) is 14.6 Å². The van der Waals surface area contributed by atoms with E-state index in [0.29, 0.717) is 12.5 Å². The molecule has 4 rings (SSSR count). The van der Waals surface area contributed by atoms with Gasteiger partial charge in [-0.3, -0.25) is 9.82 Å². The lowest BCUT2D eigenvalue weighted by molar-refractivity contribution is 0.126. The molecule has 3 heterocycles. The van der Waals surface area contributed by atoms with Crippen molar-refractivity contribution in [2.45, 2.75) is 25.7 Å². The molecule has 1 aliphatic carbocycles. The second kappa shape index (κ2) is 6.60. The number of aryl methyl sites for hydroxylation is 1. The molecule has 23 heavy (non-hydrogen) atoms. The van der Waals surface area contributed by atoms with Gasteiger partial charge in [0, 0.05) is 41.7 Å². The van der Waals surface area contributed by atoms with Crippen LogP contribution in [-0.2, 0) is 22.4 Å². The molecule has 0 bridgehead atoms. The molecule has 1 fully saturated rings. The molecule has 1 saturated heterocycles. The van der Waals surface area contributed by atoms with Crippen LogP contribution < -0.4 is 5.48 Å². The minimum Gasteiger partial charge on any atom is -0.381 e. The number of pyridine rings is 1. The van der Waals surface area contributed by atoms with Gasteiger partial charge in [0.15, 0.2) is 11.6 Å². The summed E-state index contributed by atoms with van der Waals surface area (Å²) in [5.74, 6) is 2.00. The van der Waals surface area contributed by atoms with E-state index in [1.807, 2.05) is 12.1 Å². The Morgan fingerprint density at radius 1 is 1.22 bits per heavy atom. The quantitative estimate of drug-likeness (QED) is 0.855. The number of aromatic nitrogens is 3. The summed E-state index contributed by atoms with van der Waals surface area (Å²) in [5.41, 5.74) is 6.35. The Hall–Kier alpha value is -2.05. The zero-order valence-electron chi connectivity index (χ0n) is 13.0. The van der Waals surface area contributed by atoms with Crippen LogP contribution in [0.2, 0.25) is 0 Å². The molecular weight excluding hydrogens is 292 g/mol. The maximum Gasteiger partial charge on any atom is 0.161 e. The molecule has 2 aromatic heterocycles. The molecule has 2 aromatic rings. The van der Waals surface area contributed by atoms with E-state index < -0.39 is 0 Å². The third-order valence-corrected chi connectivity index (χ3v) is 4.38. The molecule has 1 N–H and O–H groups in total. The molecule has 0 amide bonds. The van der Waals surface area contributed by atoms with Crippen molar-refractivity contribution in [1.82, 2.24) is 15.0 Å². The summed E-state index contributed by atoms with van der Waals surface area (Å²) in [6.07, 6.45) is 7.71. The number of ether oxygens (including phenoxy) is 1. The van der Waals surface area contributed by atoms with Crippen molar-refractivity contribution in [1.29, 1.82) is 0 Å². The molecule has 6 heteroatoms. The number of rotatable bonds is 5. The number of nitrogens with one attached hydrogen (secondary N) is 1. The van der Waals surface area contributed by atoms with Crippen LogP contribution in [0, 0.1) is 5.92 Å². The number of fused-ring (bicyclic) bond motifs is 1. The SMILES string of the molecule is c1cc(-c2nc3c(c(NOCC4CCOC4)n2)CCC3)ccn1. The maximum atomic E-state index is 5.69. The molecule has 0 aromatic carbocycles. The first-order chi connectivity index (χ1) is 11.4. The van der Waals surface area contributed by atoms with Crippen LogP contribution in [0.3, 0.4) is 0 Å². The monoisotopic (exact) mass is 312 g/mol. The van der Waals surface area contributed by atoms with E-state index in [1.54, 1.807) is 12.4 Å². The van der Waals surface area contributed by atoms with Crippen LogP contribution in [0.5, 0.6) is 0 Å². The van der Waals surface area contributed by atoms with E-state index in [-0.39, 0.29) is 0 Å². The molecule has 2 aliphatic rings. The number of nitrogens with zero attached hydrogens (tertiary/aromatic N) is 3. The van der Waals surface area contributed by atoms with Crippen LogP contribution >= 0.6 is 0 Å². The highest BCUT2D eigenvalue weighted by Crippen LogP contribution is 2.29. The predicted octanol–water partition coefficient (Wildman–Crippen LogP) is 2.41. The lowest BCUT2D eigenvalue weighted by Crippen LogP contribution is -2.15. The number of hydrogen-bond donors (Lipinski definition) is 1. The van der Waals surface area contributed by atoms with E-state index in [2.05, 4.69) is 15.4 Å². The summed E-state index contributed by atoms with van der Waals surface area (Å²) in [5, 5.41) is 0. The summed E-state index contributed by atoms with van der Waals surface area (Å²) in [6, 6.07) is 3.86. The van der Waals surface area contributed by atoms with Gasteiger partial charge in [-0.15, -0.1) is 0 Å². The van der Waals surface area contributed by atoms with Crippen molar-refractivity contribution in [2.24, 2.45) is 5.92 Å². The zero-order valence-corrected chi connectivity index (χ0v) is 13.0. The Balaban J connectivity index is 1.54. The topological polar surface area (TPSA) is 69.2 Å². The van der Waals surface area contributed by atoms with E-state index >= 15 is 0 Å². The number of anilines is 1. The Labute approximate surface area is 135 Å². The minimum atomic E-state index is 0.469. The average Bonchev–Trinajstić information content (AvgIpc) is 3.26. The summed E-state index contributed by atoms with van der Waals surface area (Å²) >= 11 is 0. The Bertz CT molecular complexity index is 672. The highest BCUT2D eigenvalue weighted by Gasteiger charge is 2.21. The lowest BCUT2D eigenvalue weighted by atomic mass is 10.1. The Morgan fingerprint density at radius 3 is 2.96 bits per heavy atom. The Kier molecular flexibility index (Phi) is 4.17. The molecule has 1 aliphatic heterocycles. The van der Waals surface area contributed by atoms with Crippen molar-refractivity contribution in [2.75, 3.05) is 25.3 Å². The normalized spacial score (nSPS) is 19.7. The summed E-state index contributed by atoms with van der Waals surface area (Å²) < 4.78 is 5.37. The van der Waals surface area contributed by atoms with Gasteiger partial charge in [-0.05, 0) is 37.8 Å². The van der Waals surface area contributed by atoms with Gasteiger partial charge in [-0.2, -0.15) is 0 Å². The van der Waals surface area contributed by atoms with Gasteiger partial charge in [0.1, 0.15) is 0 Å². The predicted molar refractivity (Wildman–Crippen MR) is 85.8 cm³/mol. The zero-order chi connectivity index (χ0) is 15.5. The van der Waals surface area contributed by atoms with Crippen molar-refractivity contribution in [3.8, 4) is 11.4 Å².